The summed E-state index contributed by atoms with van der Waals surface area (Å²) in [4.78, 5) is 2.73. The summed E-state index contributed by atoms with van der Waals surface area (Å²) < 4.78 is 0.585. The van der Waals surface area contributed by atoms with Crippen molar-refractivity contribution < 1.29 is 0 Å². The fraction of sp³-hybridized carbons (Fsp3) is 0.333. The standard InChI is InChI=1S/C18H22S2/c1-15(2)13-14-18(19-16-9-5-3-6-10-16)20-17-11-7-4-8-12-17/h3-12,15,18H,13-14H2,1-2H3. The summed E-state index contributed by atoms with van der Waals surface area (Å²) in [5.74, 6) is 0.769. The van der Waals surface area contributed by atoms with Gasteiger partial charge in [-0.1, -0.05) is 50.2 Å². The minimum Gasteiger partial charge on any atom is -0.111 e. The molecule has 2 aromatic carbocycles. The Balaban J connectivity index is 2.00. The molecule has 0 N–H and O–H groups in total. The first-order valence-corrected chi connectivity index (χ1v) is 8.93. The Labute approximate surface area is 131 Å². The molecule has 0 saturated heterocycles. The summed E-state index contributed by atoms with van der Waals surface area (Å²) in [5, 5.41) is 0. The van der Waals surface area contributed by atoms with E-state index in [1.807, 2.05) is 23.5 Å². The smallest absolute Gasteiger partial charge is 0.0596 e. The highest BCUT2D eigenvalue weighted by atomic mass is 32.2. The first-order valence-electron chi connectivity index (χ1n) is 7.17. The molecule has 0 aromatic heterocycles. The van der Waals surface area contributed by atoms with E-state index < -0.39 is 0 Å². The second-order valence-electron chi connectivity index (χ2n) is 5.26. The Morgan fingerprint density at radius 1 is 0.700 bits per heavy atom. The van der Waals surface area contributed by atoms with Crippen molar-refractivity contribution in [3.63, 3.8) is 0 Å². The molecule has 0 radical (unpaired) electrons. The Hall–Kier alpha value is -0.860. The molecule has 0 heterocycles. The number of hydrogen-bond acceptors (Lipinski definition) is 2. The van der Waals surface area contributed by atoms with E-state index in [-0.39, 0.29) is 0 Å². The van der Waals surface area contributed by atoms with Gasteiger partial charge in [-0.15, -0.1) is 23.5 Å². The molecular formula is C18H22S2. The van der Waals surface area contributed by atoms with Gasteiger partial charge in [-0.3, -0.25) is 0 Å². The normalized spacial score (nSPS) is 11.2. The molecule has 2 rings (SSSR count). The fourth-order valence-electron chi connectivity index (χ4n) is 1.91. The maximum absolute atomic E-state index is 2.30. The van der Waals surface area contributed by atoms with Crippen LogP contribution in [0.25, 0.3) is 0 Å². The van der Waals surface area contributed by atoms with Gasteiger partial charge in [0.1, 0.15) is 0 Å². The summed E-state index contributed by atoms with van der Waals surface area (Å²) in [6.45, 7) is 4.61. The molecule has 0 unspecified atom stereocenters. The van der Waals surface area contributed by atoms with Crippen LogP contribution in [0.15, 0.2) is 70.5 Å². The first-order chi connectivity index (χ1) is 9.74. The van der Waals surface area contributed by atoms with Crippen molar-refractivity contribution in [3.05, 3.63) is 60.7 Å². The molecule has 0 aliphatic rings. The second-order valence-corrected chi connectivity index (χ2v) is 8.11. The van der Waals surface area contributed by atoms with Crippen LogP contribution in [0, 0.1) is 5.92 Å². The van der Waals surface area contributed by atoms with E-state index in [0.29, 0.717) is 4.58 Å². The van der Waals surface area contributed by atoms with Gasteiger partial charge in [0.15, 0.2) is 0 Å². The van der Waals surface area contributed by atoms with Crippen LogP contribution in [-0.2, 0) is 0 Å². The zero-order valence-corrected chi connectivity index (χ0v) is 13.8. The van der Waals surface area contributed by atoms with Gasteiger partial charge < -0.3 is 0 Å². The molecule has 0 nitrogen and oxygen atoms in total. The zero-order valence-electron chi connectivity index (χ0n) is 12.2. The Bertz CT molecular complexity index is 438. The quantitative estimate of drug-likeness (QED) is 0.433. The SMILES string of the molecule is CC(C)CCC(Sc1ccccc1)Sc1ccccc1. The summed E-state index contributed by atoms with van der Waals surface area (Å²) in [7, 11) is 0. The van der Waals surface area contributed by atoms with Crippen molar-refractivity contribution in [2.24, 2.45) is 5.92 Å². The Kier molecular flexibility index (Phi) is 6.55. The monoisotopic (exact) mass is 302 g/mol. The van der Waals surface area contributed by atoms with E-state index in [0.717, 1.165) is 5.92 Å². The summed E-state index contributed by atoms with van der Waals surface area (Å²) in [6, 6.07) is 21.5. The van der Waals surface area contributed by atoms with Gasteiger partial charge in [-0.2, -0.15) is 0 Å². The lowest BCUT2D eigenvalue weighted by atomic mass is 10.1. The van der Waals surface area contributed by atoms with Crippen LogP contribution in [0.1, 0.15) is 26.7 Å². The van der Waals surface area contributed by atoms with Gasteiger partial charge in [0.2, 0.25) is 0 Å². The highest BCUT2D eigenvalue weighted by molar-refractivity contribution is 8.17. The van der Waals surface area contributed by atoms with E-state index in [4.69, 9.17) is 0 Å². The fourth-order valence-corrected chi connectivity index (χ4v) is 4.52. The molecular weight excluding hydrogens is 280 g/mol. The molecule has 0 aliphatic heterocycles. The zero-order chi connectivity index (χ0) is 14.2. The molecule has 106 valence electrons. The van der Waals surface area contributed by atoms with Gasteiger partial charge in [0, 0.05) is 9.79 Å². The van der Waals surface area contributed by atoms with Gasteiger partial charge in [0.25, 0.3) is 0 Å². The predicted molar refractivity (Wildman–Crippen MR) is 92.5 cm³/mol. The van der Waals surface area contributed by atoms with Crippen LogP contribution in [-0.4, -0.2) is 4.58 Å². The van der Waals surface area contributed by atoms with E-state index in [1.165, 1.54) is 22.6 Å². The van der Waals surface area contributed by atoms with Crippen LogP contribution in [0.4, 0.5) is 0 Å². The van der Waals surface area contributed by atoms with Crippen molar-refractivity contribution in [2.45, 2.75) is 41.1 Å². The first kappa shape index (κ1) is 15.5. The molecule has 0 spiro atoms. The molecule has 20 heavy (non-hydrogen) atoms. The van der Waals surface area contributed by atoms with Gasteiger partial charge in [0.05, 0.1) is 4.58 Å². The number of thioether (sulfide) groups is 2. The second kappa shape index (κ2) is 8.43. The topological polar surface area (TPSA) is 0 Å². The lowest BCUT2D eigenvalue weighted by molar-refractivity contribution is 0.573. The van der Waals surface area contributed by atoms with Crippen LogP contribution >= 0.6 is 23.5 Å². The van der Waals surface area contributed by atoms with Gasteiger partial charge in [-0.25, -0.2) is 0 Å². The summed E-state index contributed by atoms with van der Waals surface area (Å²) in [6.07, 6.45) is 2.53. The Morgan fingerprint density at radius 3 is 1.55 bits per heavy atom. The van der Waals surface area contributed by atoms with Crippen LogP contribution < -0.4 is 0 Å². The van der Waals surface area contributed by atoms with Gasteiger partial charge >= 0.3 is 0 Å². The lowest BCUT2D eigenvalue weighted by Gasteiger charge is -2.17. The minimum absolute atomic E-state index is 0.585. The van der Waals surface area contributed by atoms with E-state index in [9.17, 15) is 0 Å². The molecule has 0 atom stereocenters. The highest BCUT2D eigenvalue weighted by Crippen LogP contribution is 2.38. The van der Waals surface area contributed by atoms with E-state index >= 15 is 0 Å². The van der Waals surface area contributed by atoms with E-state index in [1.54, 1.807) is 0 Å². The third-order valence-corrected chi connectivity index (χ3v) is 5.66. The van der Waals surface area contributed by atoms with Crippen molar-refractivity contribution in [2.75, 3.05) is 0 Å². The maximum atomic E-state index is 2.30. The third kappa shape index (κ3) is 5.64. The lowest BCUT2D eigenvalue weighted by Crippen LogP contribution is -2.00. The largest absolute Gasteiger partial charge is 0.111 e. The average Bonchev–Trinajstić information content (AvgIpc) is 2.47. The summed E-state index contributed by atoms with van der Waals surface area (Å²) in [5.41, 5.74) is 0. The van der Waals surface area contributed by atoms with Gasteiger partial charge in [-0.05, 0) is 43.0 Å². The minimum atomic E-state index is 0.585. The number of rotatable bonds is 7. The molecule has 2 aromatic rings. The molecule has 2 heteroatoms. The van der Waals surface area contributed by atoms with Crippen LogP contribution in [0.2, 0.25) is 0 Å². The number of hydrogen-bond donors (Lipinski definition) is 0. The molecule has 0 saturated carbocycles. The van der Waals surface area contributed by atoms with Crippen molar-refractivity contribution in [3.8, 4) is 0 Å². The molecule has 0 amide bonds. The number of benzene rings is 2. The highest BCUT2D eigenvalue weighted by Gasteiger charge is 2.13. The molecule has 0 aliphatic carbocycles. The summed E-state index contributed by atoms with van der Waals surface area (Å²) >= 11 is 3.98. The average molecular weight is 303 g/mol. The van der Waals surface area contributed by atoms with Crippen molar-refractivity contribution in [1.29, 1.82) is 0 Å². The van der Waals surface area contributed by atoms with Crippen LogP contribution in [0.3, 0.4) is 0 Å². The van der Waals surface area contributed by atoms with Crippen LogP contribution in [0.5, 0.6) is 0 Å². The van der Waals surface area contributed by atoms with Crippen molar-refractivity contribution in [1.82, 2.24) is 0 Å². The molecule has 0 fully saturated rings. The Morgan fingerprint density at radius 2 is 1.15 bits per heavy atom. The van der Waals surface area contributed by atoms with E-state index in [2.05, 4.69) is 74.5 Å². The third-order valence-electron chi connectivity index (χ3n) is 3.00. The van der Waals surface area contributed by atoms with Crippen molar-refractivity contribution >= 4 is 23.5 Å². The maximum Gasteiger partial charge on any atom is 0.0596 e. The predicted octanol–water partition coefficient (Wildman–Crippen LogP) is 6.33. The molecule has 0 bridgehead atoms.